The van der Waals surface area contributed by atoms with Crippen LogP contribution in [0.3, 0.4) is 0 Å². The summed E-state index contributed by atoms with van der Waals surface area (Å²) in [6, 6.07) is 0.378. The summed E-state index contributed by atoms with van der Waals surface area (Å²) >= 11 is 0. The number of sulfone groups is 1. The molecule has 1 aromatic heterocycles. The van der Waals surface area contributed by atoms with Gasteiger partial charge in [0.25, 0.3) is 0 Å². The highest BCUT2D eigenvalue weighted by atomic mass is 32.2. The maximum absolute atomic E-state index is 11.9. The van der Waals surface area contributed by atoms with Crippen LogP contribution in [0.2, 0.25) is 0 Å². The van der Waals surface area contributed by atoms with Gasteiger partial charge < -0.3 is 0 Å². The molecule has 0 N–H and O–H groups in total. The van der Waals surface area contributed by atoms with Gasteiger partial charge in [-0.2, -0.15) is 0 Å². The number of imidazole rings is 1. The van der Waals surface area contributed by atoms with Gasteiger partial charge in [0, 0.05) is 30.7 Å². The van der Waals surface area contributed by atoms with E-state index in [1.165, 1.54) is 0 Å². The molecule has 6 heteroatoms. The van der Waals surface area contributed by atoms with Crippen LogP contribution in [0.4, 0.5) is 0 Å². The monoisotopic (exact) mass is 258 g/mol. The molecule has 0 spiro atoms. The van der Waals surface area contributed by atoms with E-state index in [0.717, 1.165) is 12.8 Å². The van der Waals surface area contributed by atoms with Gasteiger partial charge in [0.05, 0.1) is 5.75 Å². The van der Waals surface area contributed by atoms with Crippen LogP contribution in [0, 0.1) is 0 Å². The number of hydrogen-bond acceptors (Lipinski definition) is 3. The van der Waals surface area contributed by atoms with E-state index < -0.39 is 9.84 Å². The Morgan fingerprint density at radius 1 is 1.35 bits per heavy atom. The molecule has 17 heavy (non-hydrogen) atoms. The predicted octanol–water partition coefficient (Wildman–Crippen LogP) is 0.810. The molecule has 0 unspecified atom stereocenters. The summed E-state index contributed by atoms with van der Waals surface area (Å²) < 4.78 is 26.0. The number of nitrogens with zero attached hydrogens (tertiary/aromatic N) is 2. The van der Waals surface area contributed by atoms with E-state index in [2.05, 4.69) is 0 Å². The van der Waals surface area contributed by atoms with E-state index >= 15 is 0 Å². The third kappa shape index (κ3) is 3.00. The first-order chi connectivity index (χ1) is 8.03. The van der Waals surface area contributed by atoms with Crippen LogP contribution in [-0.2, 0) is 16.4 Å². The highest BCUT2D eigenvalue weighted by Gasteiger charge is 2.25. The molecule has 0 atom stereocenters. The van der Waals surface area contributed by atoms with Crippen molar-refractivity contribution in [1.29, 1.82) is 0 Å². The van der Waals surface area contributed by atoms with Crippen molar-refractivity contribution in [2.75, 3.05) is 11.5 Å². The maximum Gasteiger partial charge on any atom is 0.328 e. The number of hydrogen-bond donors (Lipinski definition) is 0. The van der Waals surface area contributed by atoms with Gasteiger partial charge >= 0.3 is 5.69 Å². The van der Waals surface area contributed by atoms with Gasteiger partial charge in [0.15, 0.2) is 0 Å². The van der Waals surface area contributed by atoms with Crippen molar-refractivity contribution >= 4 is 9.84 Å². The first-order valence-electron chi connectivity index (χ1n) is 6.01. The molecule has 1 fully saturated rings. The summed E-state index contributed by atoms with van der Waals surface area (Å²) in [7, 11) is -2.92. The minimum atomic E-state index is -2.92. The highest BCUT2D eigenvalue weighted by Crippen LogP contribution is 2.33. The van der Waals surface area contributed by atoms with Crippen LogP contribution in [-0.4, -0.2) is 29.1 Å². The Labute approximate surface area is 101 Å². The molecule has 1 saturated carbocycles. The topological polar surface area (TPSA) is 61.1 Å². The molecule has 1 aliphatic rings. The van der Waals surface area contributed by atoms with Crippen molar-refractivity contribution in [2.45, 2.75) is 38.8 Å². The zero-order chi connectivity index (χ0) is 12.5. The molecule has 0 bridgehead atoms. The van der Waals surface area contributed by atoms with E-state index in [-0.39, 0.29) is 17.2 Å². The van der Waals surface area contributed by atoms with E-state index in [1.54, 1.807) is 28.5 Å². The predicted molar refractivity (Wildman–Crippen MR) is 65.9 cm³/mol. The fourth-order valence-corrected chi connectivity index (χ4v) is 2.69. The lowest BCUT2D eigenvalue weighted by atomic mass is 10.5. The van der Waals surface area contributed by atoms with Crippen LogP contribution in [0.25, 0.3) is 0 Å². The molecule has 5 nitrogen and oxygen atoms in total. The molecule has 96 valence electrons. The van der Waals surface area contributed by atoms with Gasteiger partial charge in [-0.15, -0.1) is 0 Å². The van der Waals surface area contributed by atoms with Crippen molar-refractivity contribution in [1.82, 2.24) is 9.13 Å². The summed E-state index contributed by atoms with van der Waals surface area (Å²) in [4.78, 5) is 11.9. The summed E-state index contributed by atoms with van der Waals surface area (Å²) in [6.45, 7) is 2.13. The van der Waals surface area contributed by atoms with Gasteiger partial charge in [0.2, 0.25) is 0 Å². The molecule has 0 amide bonds. The highest BCUT2D eigenvalue weighted by molar-refractivity contribution is 7.91. The average molecular weight is 258 g/mol. The molecular formula is C11H18N2O3S. The Morgan fingerprint density at radius 2 is 2.06 bits per heavy atom. The lowest BCUT2D eigenvalue weighted by Gasteiger charge is -2.02. The van der Waals surface area contributed by atoms with E-state index in [4.69, 9.17) is 0 Å². The van der Waals surface area contributed by atoms with Gasteiger partial charge in [-0.3, -0.25) is 9.13 Å². The largest absolute Gasteiger partial charge is 0.328 e. The molecule has 1 aromatic rings. The van der Waals surface area contributed by atoms with Gasteiger partial charge in [-0.05, 0) is 19.3 Å². The standard InChI is InChI=1S/C11H18N2O3S/c1-2-17(15,16)9-3-6-12-7-8-13(11(12)14)10-4-5-10/h7-8,10H,2-6,9H2,1H3. The second kappa shape index (κ2) is 4.68. The number of aryl methyl sites for hydroxylation is 1. The summed E-state index contributed by atoms with van der Waals surface area (Å²) in [6.07, 6.45) is 6.21. The van der Waals surface area contributed by atoms with Crippen LogP contribution in [0.15, 0.2) is 17.2 Å². The first-order valence-corrected chi connectivity index (χ1v) is 7.83. The molecule has 0 radical (unpaired) electrons. The minimum Gasteiger partial charge on any atom is -0.299 e. The molecule has 0 aliphatic heterocycles. The summed E-state index contributed by atoms with van der Waals surface area (Å²) in [5.41, 5.74) is -0.0126. The quantitative estimate of drug-likeness (QED) is 0.758. The third-order valence-electron chi connectivity index (χ3n) is 3.11. The van der Waals surface area contributed by atoms with Crippen molar-refractivity contribution in [3.63, 3.8) is 0 Å². The normalized spacial score (nSPS) is 16.3. The Morgan fingerprint density at radius 3 is 2.65 bits per heavy atom. The zero-order valence-corrected chi connectivity index (χ0v) is 10.8. The first kappa shape index (κ1) is 12.4. The SMILES string of the molecule is CCS(=O)(=O)CCCn1ccn(C2CC2)c1=O. The molecule has 1 heterocycles. The van der Waals surface area contributed by atoms with Crippen molar-refractivity contribution in [3.05, 3.63) is 22.9 Å². The van der Waals surface area contributed by atoms with Crippen molar-refractivity contribution in [2.24, 2.45) is 0 Å². The van der Waals surface area contributed by atoms with Gasteiger partial charge in [-0.1, -0.05) is 6.92 Å². The van der Waals surface area contributed by atoms with E-state index in [9.17, 15) is 13.2 Å². The fraction of sp³-hybridized carbons (Fsp3) is 0.727. The Balaban J connectivity index is 1.93. The Kier molecular flexibility index (Phi) is 3.42. The van der Waals surface area contributed by atoms with Crippen molar-refractivity contribution < 1.29 is 8.42 Å². The Hall–Kier alpha value is -1.04. The lowest BCUT2D eigenvalue weighted by molar-refractivity contribution is 0.579. The van der Waals surface area contributed by atoms with E-state index in [0.29, 0.717) is 19.0 Å². The lowest BCUT2D eigenvalue weighted by Crippen LogP contribution is -2.24. The van der Waals surface area contributed by atoms with Crippen LogP contribution in [0.5, 0.6) is 0 Å². The third-order valence-corrected chi connectivity index (χ3v) is 4.90. The fourth-order valence-electron chi connectivity index (χ4n) is 1.83. The summed E-state index contributed by atoms with van der Waals surface area (Å²) in [5, 5.41) is 0. The number of rotatable bonds is 6. The average Bonchev–Trinajstić information content (AvgIpc) is 3.06. The Bertz CT molecular complexity index is 537. The molecular weight excluding hydrogens is 240 g/mol. The molecule has 0 aromatic carbocycles. The van der Waals surface area contributed by atoms with Crippen LogP contribution < -0.4 is 5.69 Å². The van der Waals surface area contributed by atoms with Crippen LogP contribution in [0.1, 0.15) is 32.2 Å². The smallest absolute Gasteiger partial charge is 0.299 e. The van der Waals surface area contributed by atoms with E-state index in [1.807, 2.05) is 0 Å². The second-order valence-corrected chi connectivity index (χ2v) is 6.98. The maximum atomic E-state index is 11.9. The second-order valence-electron chi connectivity index (χ2n) is 4.50. The minimum absolute atomic E-state index is 0.0126. The molecule has 1 aliphatic carbocycles. The zero-order valence-electron chi connectivity index (χ0n) is 10.0. The van der Waals surface area contributed by atoms with Gasteiger partial charge in [-0.25, -0.2) is 13.2 Å². The molecule has 0 saturated heterocycles. The number of aromatic nitrogens is 2. The van der Waals surface area contributed by atoms with Gasteiger partial charge in [0.1, 0.15) is 9.84 Å². The summed E-state index contributed by atoms with van der Waals surface area (Å²) in [5.74, 6) is 0.329. The van der Waals surface area contributed by atoms with Crippen LogP contribution >= 0.6 is 0 Å². The van der Waals surface area contributed by atoms with Crippen molar-refractivity contribution in [3.8, 4) is 0 Å². The molecule has 2 rings (SSSR count).